The first-order valence-corrected chi connectivity index (χ1v) is 13.0. The van der Waals surface area contributed by atoms with Crippen molar-refractivity contribution in [3.63, 3.8) is 0 Å². The summed E-state index contributed by atoms with van der Waals surface area (Å²) in [5, 5.41) is 2.88. The van der Waals surface area contributed by atoms with Gasteiger partial charge in [0.15, 0.2) is 11.6 Å². The van der Waals surface area contributed by atoms with Crippen molar-refractivity contribution >= 4 is 18.1 Å². The monoisotopic (exact) mass is 527 g/mol. The summed E-state index contributed by atoms with van der Waals surface area (Å²) in [6.45, 7) is 1.47. The van der Waals surface area contributed by atoms with Crippen LogP contribution in [0.2, 0.25) is 0 Å². The van der Waals surface area contributed by atoms with Crippen molar-refractivity contribution in [2.45, 2.75) is 62.3 Å². The van der Waals surface area contributed by atoms with Crippen LogP contribution in [0.25, 0.3) is 0 Å². The Balaban J connectivity index is 1.23. The zero-order valence-electron chi connectivity index (χ0n) is 21.1. The van der Waals surface area contributed by atoms with Gasteiger partial charge in [0.2, 0.25) is 6.10 Å². The lowest BCUT2D eigenvalue weighted by Gasteiger charge is -2.35. The Kier molecular flexibility index (Phi) is 7.60. The van der Waals surface area contributed by atoms with Crippen molar-refractivity contribution in [2.24, 2.45) is 0 Å². The fraction of sp³-hybridized carbons (Fsp3) is 0.464. The highest BCUT2D eigenvalue weighted by molar-refractivity contribution is 5.96. The zero-order chi connectivity index (χ0) is 26.8. The van der Waals surface area contributed by atoms with Crippen molar-refractivity contribution in [3.05, 3.63) is 71.3 Å². The van der Waals surface area contributed by atoms with Crippen LogP contribution in [0.3, 0.4) is 0 Å². The minimum atomic E-state index is -1.50. The van der Waals surface area contributed by atoms with Gasteiger partial charge in [0.05, 0.1) is 7.11 Å². The molecule has 38 heavy (non-hydrogen) atoms. The number of carbonyl (C=O) groups excluding carboxylic acids is 3. The number of cyclic esters (lactones) is 1. The number of nitrogens with one attached hydrogen (secondary N) is 1. The lowest BCUT2D eigenvalue weighted by molar-refractivity contribution is -0.150. The van der Waals surface area contributed by atoms with Crippen molar-refractivity contribution in [1.29, 1.82) is 0 Å². The molecule has 2 aliphatic heterocycles. The van der Waals surface area contributed by atoms with Gasteiger partial charge < -0.3 is 14.8 Å². The van der Waals surface area contributed by atoms with E-state index >= 15 is 0 Å². The summed E-state index contributed by atoms with van der Waals surface area (Å²) >= 11 is 0. The molecule has 2 heterocycles. The van der Waals surface area contributed by atoms with E-state index in [-0.39, 0.29) is 11.6 Å². The number of rotatable bonds is 5. The molecule has 3 atom stereocenters. The van der Waals surface area contributed by atoms with Crippen LogP contribution in [0, 0.1) is 11.6 Å². The molecular formula is C28H31F2N3O5. The number of methoxy groups -OCH3 is 1. The van der Waals surface area contributed by atoms with Gasteiger partial charge >= 0.3 is 18.1 Å². The van der Waals surface area contributed by atoms with Gasteiger partial charge in [0.1, 0.15) is 6.04 Å². The van der Waals surface area contributed by atoms with Crippen LogP contribution in [0.5, 0.6) is 0 Å². The maximum absolute atomic E-state index is 14.0. The number of amides is 3. The molecule has 3 aliphatic rings. The minimum absolute atomic E-state index is 0.0449. The van der Waals surface area contributed by atoms with Gasteiger partial charge in [-0.2, -0.15) is 0 Å². The SMILES string of the molecule is COC(=O)C1OC(=O)N(C(=O)NC2CCN(C3CCC(c4ccccc4)CC3)C2)C1c1ccc(F)c(F)c1. The molecule has 202 valence electrons. The number of benzene rings is 2. The van der Waals surface area contributed by atoms with Gasteiger partial charge in [-0.15, -0.1) is 0 Å². The summed E-state index contributed by atoms with van der Waals surface area (Å²) in [5.41, 5.74) is 1.43. The summed E-state index contributed by atoms with van der Waals surface area (Å²) in [7, 11) is 1.11. The first-order chi connectivity index (χ1) is 18.4. The minimum Gasteiger partial charge on any atom is -0.466 e. The van der Waals surface area contributed by atoms with E-state index in [1.807, 2.05) is 6.07 Å². The van der Waals surface area contributed by atoms with Crippen molar-refractivity contribution in [2.75, 3.05) is 20.2 Å². The molecule has 8 nitrogen and oxygen atoms in total. The second-order valence-corrected chi connectivity index (χ2v) is 10.2. The van der Waals surface area contributed by atoms with E-state index < -0.39 is 41.9 Å². The first kappa shape index (κ1) is 26.1. The Labute approximate surface area is 219 Å². The Morgan fingerprint density at radius 3 is 2.39 bits per heavy atom. The average molecular weight is 528 g/mol. The molecular weight excluding hydrogens is 496 g/mol. The molecule has 2 aromatic rings. The fourth-order valence-corrected chi connectivity index (χ4v) is 5.98. The van der Waals surface area contributed by atoms with E-state index in [0.29, 0.717) is 24.9 Å². The molecule has 0 spiro atoms. The maximum Gasteiger partial charge on any atom is 0.419 e. The average Bonchev–Trinajstić information content (AvgIpc) is 3.54. The molecule has 10 heteroatoms. The third-order valence-electron chi connectivity index (χ3n) is 7.96. The summed E-state index contributed by atoms with van der Waals surface area (Å²) in [6, 6.07) is 11.7. The molecule has 3 amide bonds. The molecule has 0 radical (unpaired) electrons. The van der Waals surface area contributed by atoms with Crippen LogP contribution in [0.4, 0.5) is 18.4 Å². The molecule has 1 aliphatic carbocycles. The number of imide groups is 1. The predicted octanol–water partition coefficient (Wildman–Crippen LogP) is 4.51. The van der Waals surface area contributed by atoms with Gasteiger partial charge in [-0.1, -0.05) is 36.4 Å². The maximum atomic E-state index is 14.0. The highest BCUT2D eigenvalue weighted by Gasteiger charge is 2.51. The van der Waals surface area contributed by atoms with E-state index in [4.69, 9.17) is 9.47 Å². The standard InChI is InChI=1S/C28H31F2N3O5/c1-37-26(34)25-24(19-9-12-22(29)23(30)15-19)33(28(36)38-25)27(35)31-20-13-14-32(16-20)21-10-7-18(8-11-21)17-5-3-2-4-6-17/h2-6,9,12,15,18,20-21,24-25H,7-8,10-11,13-14,16H2,1H3,(H,31,35). The van der Waals surface area contributed by atoms with Crippen molar-refractivity contribution in [3.8, 4) is 0 Å². The number of hydrogen-bond acceptors (Lipinski definition) is 6. The fourth-order valence-electron chi connectivity index (χ4n) is 5.98. The second-order valence-electron chi connectivity index (χ2n) is 10.2. The Morgan fingerprint density at radius 1 is 0.974 bits per heavy atom. The van der Waals surface area contributed by atoms with Crippen LogP contribution in [0.1, 0.15) is 55.2 Å². The van der Waals surface area contributed by atoms with Gasteiger partial charge in [-0.3, -0.25) is 4.90 Å². The highest BCUT2D eigenvalue weighted by atomic mass is 19.2. The summed E-state index contributed by atoms with van der Waals surface area (Å²) in [5.74, 6) is -2.59. The van der Waals surface area contributed by atoms with Crippen LogP contribution >= 0.6 is 0 Å². The number of nitrogens with zero attached hydrogens (tertiary/aromatic N) is 2. The normalized spacial score (nSPS) is 27.7. The number of likely N-dealkylation sites (tertiary alicyclic amines) is 1. The molecule has 5 rings (SSSR count). The third kappa shape index (κ3) is 5.22. The highest BCUT2D eigenvalue weighted by Crippen LogP contribution is 2.37. The van der Waals surface area contributed by atoms with Crippen LogP contribution < -0.4 is 5.32 Å². The van der Waals surface area contributed by atoms with Crippen molar-refractivity contribution < 1.29 is 32.6 Å². The quantitative estimate of drug-likeness (QED) is 0.576. The smallest absolute Gasteiger partial charge is 0.419 e. The van der Waals surface area contributed by atoms with Gasteiger partial charge in [-0.05, 0) is 61.3 Å². The number of urea groups is 1. The van der Waals surface area contributed by atoms with E-state index in [1.165, 1.54) is 11.6 Å². The number of hydrogen-bond donors (Lipinski definition) is 1. The molecule has 2 aromatic carbocycles. The van der Waals surface area contributed by atoms with E-state index in [9.17, 15) is 23.2 Å². The summed E-state index contributed by atoms with van der Waals surface area (Å²) in [6.07, 6.45) is 2.56. The predicted molar refractivity (Wildman–Crippen MR) is 133 cm³/mol. The molecule has 3 unspecified atom stereocenters. The number of carbonyl (C=O) groups is 3. The Hall–Kier alpha value is -3.53. The van der Waals surface area contributed by atoms with E-state index in [0.717, 1.165) is 56.4 Å². The Bertz CT molecular complexity index is 1190. The van der Waals surface area contributed by atoms with Crippen LogP contribution in [0.15, 0.2) is 48.5 Å². The van der Waals surface area contributed by atoms with Crippen LogP contribution in [-0.2, 0) is 14.3 Å². The van der Waals surface area contributed by atoms with Gasteiger partial charge in [0.25, 0.3) is 0 Å². The van der Waals surface area contributed by atoms with Crippen LogP contribution in [-0.4, -0.2) is 66.3 Å². The van der Waals surface area contributed by atoms with Gasteiger partial charge in [0, 0.05) is 25.2 Å². The second kappa shape index (κ2) is 11.1. The van der Waals surface area contributed by atoms with E-state index in [1.54, 1.807) is 0 Å². The lowest BCUT2D eigenvalue weighted by Crippen LogP contribution is -2.48. The number of halogens is 2. The van der Waals surface area contributed by atoms with Gasteiger partial charge in [-0.25, -0.2) is 28.1 Å². The first-order valence-electron chi connectivity index (χ1n) is 13.0. The molecule has 2 saturated heterocycles. The molecule has 3 fully saturated rings. The largest absolute Gasteiger partial charge is 0.466 e. The molecule has 1 saturated carbocycles. The number of ether oxygens (including phenoxy) is 2. The van der Waals surface area contributed by atoms with E-state index in [2.05, 4.69) is 34.5 Å². The lowest BCUT2D eigenvalue weighted by atomic mass is 9.81. The summed E-state index contributed by atoms with van der Waals surface area (Å²) < 4.78 is 37.4. The molecule has 1 N–H and O–H groups in total. The summed E-state index contributed by atoms with van der Waals surface area (Å²) in [4.78, 5) is 41.4. The number of esters is 1. The Morgan fingerprint density at radius 2 is 1.71 bits per heavy atom. The third-order valence-corrected chi connectivity index (χ3v) is 7.96. The molecule has 0 bridgehead atoms. The zero-order valence-corrected chi connectivity index (χ0v) is 21.1. The topological polar surface area (TPSA) is 88.2 Å². The van der Waals surface area contributed by atoms with Crippen molar-refractivity contribution in [1.82, 2.24) is 15.1 Å². The molecule has 0 aromatic heterocycles.